The molecule has 4 aliphatic rings. The zero-order valence-corrected chi connectivity index (χ0v) is 35.2. The Bertz CT molecular complexity index is 2120. The molecule has 6 N–H and O–H groups in total. The predicted molar refractivity (Wildman–Crippen MR) is 210 cm³/mol. The molecule has 344 valence electrons. The van der Waals surface area contributed by atoms with Gasteiger partial charge in [-0.3, -0.25) is 9.59 Å². The molecule has 0 radical (unpaired) electrons. The maximum Gasteiger partial charge on any atom is 0.328 e. The first-order valence-corrected chi connectivity index (χ1v) is 22.9. The fourth-order valence-corrected chi connectivity index (χ4v) is 9.75. The minimum Gasteiger partial charge on any atom is -0.478 e. The lowest BCUT2D eigenvalue weighted by Crippen LogP contribution is -2.43. The van der Waals surface area contributed by atoms with Gasteiger partial charge in [-0.2, -0.15) is 8.61 Å². The van der Waals surface area contributed by atoms with Gasteiger partial charge in [0.2, 0.25) is 31.9 Å². The summed E-state index contributed by atoms with van der Waals surface area (Å²) in [7, 11) is -6.61. The summed E-state index contributed by atoms with van der Waals surface area (Å²) in [5.74, 6) is -9.50. The summed E-state index contributed by atoms with van der Waals surface area (Å²) in [4.78, 5) is 47.6. The minimum absolute atomic E-state index is 0.0828. The van der Waals surface area contributed by atoms with E-state index >= 15 is 0 Å². The van der Waals surface area contributed by atoms with E-state index in [0.29, 0.717) is 50.5 Å². The van der Waals surface area contributed by atoms with Crippen molar-refractivity contribution in [2.45, 2.75) is 62.7 Å². The Kier molecular flexibility index (Phi) is 16.7. The van der Waals surface area contributed by atoms with Crippen molar-refractivity contribution in [2.24, 2.45) is 23.3 Å². The summed E-state index contributed by atoms with van der Waals surface area (Å²) < 4.78 is 130. The van der Waals surface area contributed by atoms with E-state index in [1.54, 1.807) is 9.80 Å². The number of likely N-dealkylation sites (tertiary alicyclic amines) is 2. The van der Waals surface area contributed by atoms with Gasteiger partial charge in [-0.15, -0.1) is 0 Å². The molecule has 0 aliphatic carbocycles. The first kappa shape index (κ1) is 50.0. The van der Waals surface area contributed by atoms with Gasteiger partial charge in [0.25, 0.3) is 0 Å². The Labute approximate surface area is 354 Å². The molecule has 4 saturated heterocycles. The third kappa shape index (κ3) is 13.4. The van der Waals surface area contributed by atoms with E-state index < -0.39 is 79.0 Å². The molecule has 6 atom stereocenters. The summed E-state index contributed by atoms with van der Waals surface area (Å²) in [6, 6.07) is 0.542. The van der Waals surface area contributed by atoms with Gasteiger partial charge in [-0.1, -0.05) is 0 Å². The van der Waals surface area contributed by atoms with Crippen LogP contribution in [0.1, 0.15) is 36.8 Å². The van der Waals surface area contributed by atoms with Crippen LogP contribution >= 0.6 is 0 Å². The largest absolute Gasteiger partial charge is 0.478 e. The first-order chi connectivity index (χ1) is 28.7. The molecule has 62 heavy (non-hydrogen) atoms. The number of carboxylic acid groups (broad SMARTS) is 2. The number of halogens is 6. The Morgan fingerprint density at radius 2 is 0.935 bits per heavy atom. The van der Waals surface area contributed by atoms with Crippen LogP contribution in [0, 0.1) is 46.7 Å². The molecule has 4 heterocycles. The molecule has 0 unspecified atom stereocenters. The molecule has 0 spiro atoms. The summed E-state index contributed by atoms with van der Waals surface area (Å²) >= 11 is 0. The van der Waals surface area contributed by atoms with Crippen molar-refractivity contribution < 1.29 is 72.6 Å². The van der Waals surface area contributed by atoms with Crippen LogP contribution in [0.3, 0.4) is 0 Å². The lowest BCUT2D eigenvalue weighted by Gasteiger charge is -2.26. The Morgan fingerprint density at radius 1 is 0.613 bits per heavy atom. The molecule has 6 rings (SSSR count). The lowest BCUT2D eigenvalue weighted by atomic mass is 10.0. The van der Waals surface area contributed by atoms with Gasteiger partial charge in [0.1, 0.15) is 11.6 Å². The second-order valence-electron chi connectivity index (χ2n) is 15.6. The van der Waals surface area contributed by atoms with E-state index in [1.807, 2.05) is 0 Å². The van der Waals surface area contributed by atoms with Crippen LogP contribution < -0.4 is 11.5 Å². The second kappa shape index (κ2) is 20.7. The third-order valence-corrected chi connectivity index (χ3v) is 13.5. The van der Waals surface area contributed by atoms with Crippen LogP contribution in [0.4, 0.5) is 26.3 Å². The number of benzene rings is 2. The number of carbonyl (C=O) groups is 4. The monoisotopic (exact) mass is 926 g/mol. The molecule has 0 aromatic heterocycles. The highest BCUT2D eigenvalue weighted by Gasteiger charge is 2.47. The van der Waals surface area contributed by atoms with E-state index in [1.165, 1.54) is 8.61 Å². The normalized spacial score (nSPS) is 22.4. The van der Waals surface area contributed by atoms with Crippen molar-refractivity contribution in [3.8, 4) is 0 Å². The van der Waals surface area contributed by atoms with Crippen LogP contribution in [0.5, 0.6) is 0 Å². The number of hydrogen-bond acceptors (Lipinski definition) is 10. The van der Waals surface area contributed by atoms with Gasteiger partial charge in [0.15, 0.2) is 23.3 Å². The summed E-state index contributed by atoms with van der Waals surface area (Å²) in [5, 5.41) is 15.6. The molecule has 4 aliphatic heterocycles. The molecular formula is C38H48F6N6O10S2. The number of carbonyl (C=O) groups excluding carboxylic acids is 2. The summed E-state index contributed by atoms with van der Waals surface area (Å²) in [6.07, 6.45) is 4.47. The van der Waals surface area contributed by atoms with Gasteiger partial charge in [0, 0.05) is 101 Å². The van der Waals surface area contributed by atoms with Crippen molar-refractivity contribution >= 4 is 43.8 Å². The Hall–Kier alpha value is -4.62. The predicted octanol–water partition coefficient (Wildman–Crippen LogP) is 1.42. The quantitative estimate of drug-likeness (QED) is 0.134. The Balaban J connectivity index is 0.000000232. The lowest BCUT2D eigenvalue weighted by molar-refractivity contribution is -0.134. The number of nitrogens with two attached hydrogens (primary N) is 2. The zero-order chi connectivity index (χ0) is 46.4. The fraction of sp³-hybridized carbons (Fsp3) is 0.526. The van der Waals surface area contributed by atoms with Crippen molar-refractivity contribution in [3.05, 3.63) is 82.4 Å². The number of rotatable bonds is 12. The van der Waals surface area contributed by atoms with Crippen LogP contribution in [0.25, 0.3) is 0 Å². The van der Waals surface area contributed by atoms with Crippen molar-refractivity contribution in [2.75, 3.05) is 51.8 Å². The first-order valence-electron chi connectivity index (χ1n) is 19.2. The number of carboxylic acids is 2. The molecule has 2 amide bonds. The highest BCUT2D eigenvalue weighted by atomic mass is 32.2. The van der Waals surface area contributed by atoms with Gasteiger partial charge in [0.05, 0.1) is 12.5 Å². The van der Waals surface area contributed by atoms with Crippen LogP contribution in [-0.2, 0) is 52.1 Å². The fourth-order valence-electron chi connectivity index (χ4n) is 7.98. The average Bonchev–Trinajstić information content (AvgIpc) is 3.94. The SMILES string of the molecule is CS(=O)(=O)N1C[C@@H]2CCN(C(=O)C[C@H](N)Cc3cc(F)c(F)cc3F)[C@@H]2C1.CS(=O)(=O)N1C[C@@H]2CCN(C(=O)C[C@H](N)Cc3cc(F)c(F)cc3F)[C@@H]2C1.O=C(O)/C=C/C(=O)O. The van der Waals surface area contributed by atoms with E-state index in [2.05, 4.69) is 0 Å². The third-order valence-electron chi connectivity index (χ3n) is 11.0. The maximum absolute atomic E-state index is 13.7. The molecular weight excluding hydrogens is 879 g/mol. The van der Waals surface area contributed by atoms with Crippen LogP contribution in [0.15, 0.2) is 36.4 Å². The standard InChI is InChI=1S/2C17H22F3N3O3S.C4H4O4/c2*1-27(25,26)22-8-10-2-3-23(16(10)9-22)17(24)6-12(21)4-11-5-14(19)15(20)7-13(11)18;5-3(6)1-2-4(7)8/h2*5,7,10,12,16H,2-4,6,8-9,21H2,1H3;1-2H,(H,5,6)(H,7,8)/b;;2-1+/t2*10-,12+,16+;/m00./s1. The van der Waals surface area contributed by atoms with E-state index in [-0.39, 0.29) is 85.6 Å². The van der Waals surface area contributed by atoms with Gasteiger partial charge >= 0.3 is 11.9 Å². The van der Waals surface area contributed by atoms with Gasteiger partial charge in [-0.05, 0) is 60.8 Å². The number of sulfonamides is 2. The molecule has 24 heteroatoms. The number of aliphatic carboxylic acids is 2. The van der Waals surface area contributed by atoms with Gasteiger partial charge < -0.3 is 31.5 Å². The number of nitrogens with zero attached hydrogens (tertiary/aromatic N) is 4. The van der Waals surface area contributed by atoms with Crippen molar-refractivity contribution in [1.29, 1.82) is 0 Å². The highest BCUT2D eigenvalue weighted by Crippen LogP contribution is 2.34. The van der Waals surface area contributed by atoms with E-state index in [4.69, 9.17) is 21.7 Å². The molecule has 16 nitrogen and oxygen atoms in total. The minimum atomic E-state index is -3.31. The van der Waals surface area contributed by atoms with Crippen LogP contribution in [-0.4, -0.2) is 145 Å². The van der Waals surface area contributed by atoms with Crippen LogP contribution in [0.2, 0.25) is 0 Å². The number of amides is 2. The zero-order valence-electron chi connectivity index (χ0n) is 33.6. The molecule has 0 bridgehead atoms. The highest BCUT2D eigenvalue weighted by molar-refractivity contribution is 7.88. The molecule has 0 saturated carbocycles. The van der Waals surface area contributed by atoms with Gasteiger partial charge in [-0.25, -0.2) is 52.8 Å². The second-order valence-corrected chi connectivity index (χ2v) is 19.6. The summed E-state index contributed by atoms with van der Waals surface area (Å²) in [5.41, 5.74) is 11.7. The topological polar surface area (TPSA) is 242 Å². The van der Waals surface area contributed by atoms with Crippen molar-refractivity contribution in [3.63, 3.8) is 0 Å². The smallest absolute Gasteiger partial charge is 0.328 e. The summed E-state index contributed by atoms with van der Waals surface area (Å²) in [6.45, 7) is 2.39. The maximum atomic E-state index is 13.7. The number of hydrogen-bond donors (Lipinski definition) is 4. The molecule has 2 aromatic rings. The molecule has 4 fully saturated rings. The van der Waals surface area contributed by atoms with E-state index in [9.17, 15) is 62.4 Å². The van der Waals surface area contributed by atoms with Crippen molar-refractivity contribution in [1.82, 2.24) is 18.4 Å². The average molecular weight is 927 g/mol. The Morgan fingerprint density at radius 3 is 1.24 bits per heavy atom. The van der Waals surface area contributed by atoms with E-state index in [0.717, 1.165) is 37.5 Å². The molecule has 2 aromatic carbocycles. The number of fused-ring (bicyclic) bond motifs is 2.